The van der Waals surface area contributed by atoms with Crippen LogP contribution in [-0.2, 0) is 6.42 Å². The van der Waals surface area contributed by atoms with Gasteiger partial charge in [-0.15, -0.1) is 0 Å². The van der Waals surface area contributed by atoms with Gasteiger partial charge in [0, 0.05) is 6.04 Å². The third kappa shape index (κ3) is 4.91. The van der Waals surface area contributed by atoms with Crippen molar-refractivity contribution in [3.8, 4) is 0 Å². The van der Waals surface area contributed by atoms with Crippen LogP contribution in [0.2, 0.25) is 0 Å². The zero-order valence-electron chi connectivity index (χ0n) is 12.0. The molecule has 1 aromatic carbocycles. The second-order valence-corrected chi connectivity index (χ2v) is 5.63. The largest absolute Gasteiger partial charge is 0.317 e. The van der Waals surface area contributed by atoms with Gasteiger partial charge in [-0.05, 0) is 49.8 Å². The van der Waals surface area contributed by atoms with Gasteiger partial charge in [0.15, 0.2) is 0 Å². The molecule has 0 aliphatic rings. The summed E-state index contributed by atoms with van der Waals surface area (Å²) in [6, 6.07) is 9.73. The van der Waals surface area contributed by atoms with Crippen LogP contribution in [0.3, 0.4) is 0 Å². The van der Waals surface area contributed by atoms with Gasteiger partial charge in [0.05, 0.1) is 0 Å². The van der Waals surface area contributed by atoms with Crippen molar-refractivity contribution < 1.29 is 0 Å². The average molecular weight is 233 g/mol. The predicted octanol–water partition coefficient (Wildman–Crippen LogP) is 3.99. The van der Waals surface area contributed by atoms with E-state index in [0.717, 1.165) is 5.92 Å². The summed E-state index contributed by atoms with van der Waals surface area (Å²) in [4.78, 5) is 0. The van der Waals surface area contributed by atoms with Crippen molar-refractivity contribution in [2.75, 3.05) is 7.05 Å². The molecule has 1 rings (SSSR count). The number of rotatable bonds is 6. The zero-order valence-corrected chi connectivity index (χ0v) is 12.0. The minimum Gasteiger partial charge on any atom is -0.317 e. The first-order chi connectivity index (χ1) is 8.02. The van der Waals surface area contributed by atoms with E-state index in [1.807, 2.05) is 7.05 Å². The van der Waals surface area contributed by atoms with E-state index in [0.29, 0.717) is 12.0 Å². The normalized spacial score (nSPS) is 14.9. The lowest BCUT2D eigenvalue weighted by Crippen LogP contribution is -2.24. The van der Waals surface area contributed by atoms with Gasteiger partial charge in [-0.25, -0.2) is 0 Å². The third-order valence-electron chi connectivity index (χ3n) is 3.48. The Kier molecular flexibility index (Phi) is 5.70. The Labute approximate surface area is 107 Å². The SMILES string of the molecule is CNC(C)CC(C)Cc1ccc(C(C)C)cc1. The van der Waals surface area contributed by atoms with E-state index >= 15 is 0 Å². The Morgan fingerprint density at radius 1 is 1.00 bits per heavy atom. The topological polar surface area (TPSA) is 12.0 Å². The predicted molar refractivity (Wildman–Crippen MR) is 76.5 cm³/mol. The molecule has 2 atom stereocenters. The quantitative estimate of drug-likeness (QED) is 0.783. The van der Waals surface area contributed by atoms with Crippen LogP contribution in [-0.4, -0.2) is 13.1 Å². The average Bonchev–Trinajstić information content (AvgIpc) is 2.29. The highest BCUT2D eigenvalue weighted by atomic mass is 14.8. The van der Waals surface area contributed by atoms with E-state index in [-0.39, 0.29) is 0 Å². The van der Waals surface area contributed by atoms with Gasteiger partial charge in [-0.2, -0.15) is 0 Å². The van der Waals surface area contributed by atoms with Crippen LogP contribution in [0.25, 0.3) is 0 Å². The fourth-order valence-electron chi connectivity index (χ4n) is 2.25. The van der Waals surface area contributed by atoms with Crippen molar-refractivity contribution in [3.05, 3.63) is 35.4 Å². The molecule has 2 unspecified atom stereocenters. The fraction of sp³-hybridized carbons (Fsp3) is 0.625. The molecule has 0 bridgehead atoms. The third-order valence-corrected chi connectivity index (χ3v) is 3.48. The summed E-state index contributed by atoms with van der Waals surface area (Å²) in [6.45, 7) is 9.07. The Morgan fingerprint density at radius 3 is 2.06 bits per heavy atom. The van der Waals surface area contributed by atoms with Crippen LogP contribution in [0.1, 0.15) is 51.2 Å². The maximum absolute atomic E-state index is 3.31. The molecule has 1 nitrogen and oxygen atoms in total. The van der Waals surface area contributed by atoms with E-state index in [9.17, 15) is 0 Å². The Bertz CT molecular complexity index is 313. The minimum atomic E-state index is 0.611. The van der Waals surface area contributed by atoms with Crippen molar-refractivity contribution in [2.45, 2.75) is 52.5 Å². The molecule has 0 spiro atoms. The summed E-state index contributed by atoms with van der Waals surface area (Å²) in [5.74, 6) is 1.37. The Balaban J connectivity index is 2.51. The molecule has 17 heavy (non-hydrogen) atoms. The lowest BCUT2D eigenvalue weighted by molar-refractivity contribution is 0.440. The molecule has 0 saturated heterocycles. The number of benzene rings is 1. The molecule has 0 saturated carbocycles. The molecule has 96 valence electrons. The van der Waals surface area contributed by atoms with Gasteiger partial charge in [0.1, 0.15) is 0 Å². The van der Waals surface area contributed by atoms with Crippen LogP contribution in [0, 0.1) is 5.92 Å². The first-order valence-electron chi connectivity index (χ1n) is 6.79. The van der Waals surface area contributed by atoms with Crippen LogP contribution in [0.5, 0.6) is 0 Å². The van der Waals surface area contributed by atoms with Gasteiger partial charge < -0.3 is 5.32 Å². The molecule has 1 N–H and O–H groups in total. The molecule has 0 amide bonds. The van der Waals surface area contributed by atoms with E-state index in [4.69, 9.17) is 0 Å². The molecule has 0 aliphatic heterocycles. The maximum atomic E-state index is 3.31. The van der Waals surface area contributed by atoms with Gasteiger partial charge >= 0.3 is 0 Å². The second kappa shape index (κ2) is 6.80. The molecule has 0 aromatic heterocycles. The fourth-order valence-corrected chi connectivity index (χ4v) is 2.25. The van der Waals surface area contributed by atoms with Crippen LogP contribution >= 0.6 is 0 Å². The van der Waals surface area contributed by atoms with Gasteiger partial charge in [0.2, 0.25) is 0 Å². The second-order valence-electron chi connectivity index (χ2n) is 5.63. The van der Waals surface area contributed by atoms with Crippen LogP contribution < -0.4 is 5.32 Å². The Hall–Kier alpha value is -0.820. The monoisotopic (exact) mass is 233 g/mol. The summed E-state index contributed by atoms with van der Waals surface area (Å²) < 4.78 is 0. The lowest BCUT2D eigenvalue weighted by atomic mass is 9.93. The first kappa shape index (κ1) is 14.2. The van der Waals surface area contributed by atoms with Crippen LogP contribution in [0.15, 0.2) is 24.3 Å². The van der Waals surface area contributed by atoms with Crippen molar-refractivity contribution in [2.24, 2.45) is 5.92 Å². The molecule has 0 aliphatic carbocycles. The number of nitrogens with one attached hydrogen (secondary N) is 1. The molecular formula is C16H27N. The van der Waals surface area contributed by atoms with E-state index in [2.05, 4.69) is 57.3 Å². The highest BCUT2D eigenvalue weighted by molar-refractivity contribution is 5.24. The van der Waals surface area contributed by atoms with Gasteiger partial charge in [-0.3, -0.25) is 0 Å². The van der Waals surface area contributed by atoms with Crippen molar-refractivity contribution in [1.29, 1.82) is 0 Å². The zero-order chi connectivity index (χ0) is 12.8. The number of hydrogen-bond donors (Lipinski definition) is 1. The summed E-state index contributed by atoms with van der Waals surface area (Å²) >= 11 is 0. The summed E-state index contributed by atoms with van der Waals surface area (Å²) in [5.41, 5.74) is 2.90. The highest BCUT2D eigenvalue weighted by Gasteiger charge is 2.08. The highest BCUT2D eigenvalue weighted by Crippen LogP contribution is 2.18. The van der Waals surface area contributed by atoms with E-state index < -0.39 is 0 Å². The summed E-state index contributed by atoms with van der Waals surface area (Å²) in [5, 5.41) is 3.31. The minimum absolute atomic E-state index is 0.611. The van der Waals surface area contributed by atoms with Crippen molar-refractivity contribution in [3.63, 3.8) is 0 Å². The molecular weight excluding hydrogens is 206 g/mol. The number of hydrogen-bond acceptors (Lipinski definition) is 1. The molecule has 0 fully saturated rings. The summed E-state index contributed by atoms with van der Waals surface area (Å²) in [7, 11) is 2.04. The molecule has 0 radical (unpaired) electrons. The van der Waals surface area contributed by atoms with Gasteiger partial charge in [0.25, 0.3) is 0 Å². The Morgan fingerprint density at radius 2 is 1.59 bits per heavy atom. The van der Waals surface area contributed by atoms with E-state index in [1.54, 1.807) is 0 Å². The standard InChI is InChI=1S/C16H27N/c1-12(2)16-8-6-15(7-9-16)11-13(3)10-14(4)17-5/h6-9,12-14,17H,10-11H2,1-5H3. The van der Waals surface area contributed by atoms with Crippen molar-refractivity contribution >= 4 is 0 Å². The summed E-state index contributed by atoms with van der Waals surface area (Å²) in [6.07, 6.45) is 2.42. The maximum Gasteiger partial charge on any atom is 0.00383 e. The van der Waals surface area contributed by atoms with E-state index in [1.165, 1.54) is 24.0 Å². The van der Waals surface area contributed by atoms with Crippen LogP contribution in [0.4, 0.5) is 0 Å². The van der Waals surface area contributed by atoms with Gasteiger partial charge in [-0.1, -0.05) is 45.0 Å². The van der Waals surface area contributed by atoms with Crippen molar-refractivity contribution in [1.82, 2.24) is 5.32 Å². The molecule has 0 heterocycles. The smallest absolute Gasteiger partial charge is 0.00383 e. The molecule has 1 heteroatoms. The lowest BCUT2D eigenvalue weighted by Gasteiger charge is -2.17. The molecule has 1 aromatic rings. The first-order valence-corrected chi connectivity index (χ1v) is 6.79.